The molecule has 0 amide bonds. The Morgan fingerprint density at radius 3 is 2.44 bits per heavy atom. The topological polar surface area (TPSA) is 85.8 Å². The second-order valence-electron chi connectivity index (χ2n) is 4.05. The lowest BCUT2D eigenvalue weighted by Gasteiger charge is -2.17. The van der Waals surface area contributed by atoms with Crippen LogP contribution < -0.4 is 5.73 Å². The lowest BCUT2D eigenvalue weighted by molar-refractivity contribution is 0.185. The van der Waals surface area contributed by atoms with Crippen LogP contribution in [0.2, 0.25) is 0 Å². The number of ether oxygens (including phenoxy) is 1. The molecule has 18 heavy (non-hydrogen) atoms. The number of hydrogen-bond donors (Lipinski definition) is 1. The highest BCUT2D eigenvalue weighted by Gasteiger charge is 2.29. The number of nitrogens with zero attached hydrogens (tertiary/aromatic N) is 1. The first-order chi connectivity index (χ1) is 8.36. The molecule has 1 heterocycles. The molecule has 0 spiro atoms. The first-order valence-electron chi connectivity index (χ1n) is 5.60. The molecule has 0 bridgehead atoms. The number of aryl methyl sites for hydroxylation is 2. The fraction of sp³-hybridized carbons (Fsp3) is 0.636. The molecule has 0 saturated heterocycles. The van der Waals surface area contributed by atoms with Gasteiger partial charge in [-0.2, -0.15) is 4.31 Å². The Labute approximate surface area is 108 Å². The molecule has 0 atom stereocenters. The SMILES string of the molecule is COCCN(C)S(=O)(=O)c1c(C)oc(C)c1CN. The molecule has 0 aliphatic heterocycles. The van der Waals surface area contributed by atoms with E-state index in [1.165, 1.54) is 18.5 Å². The van der Waals surface area contributed by atoms with Crippen LogP contribution in [0, 0.1) is 13.8 Å². The van der Waals surface area contributed by atoms with E-state index < -0.39 is 10.0 Å². The van der Waals surface area contributed by atoms with Crippen molar-refractivity contribution < 1.29 is 17.6 Å². The normalized spacial score (nSPS) is 12.3. The van der Waals surface area contributed by atoms with E-state index in [-0.39, 0.29) is 18.0 Å². The Hall–Kier alpha value is -0.890. The maximum absolute atomic E-state index is 12.4. The minimum Gasteiger partial charge on any atom is -0.465 e. The highest BCUT2D eigenvalue weighted by atomic mass is 32.2. The molecular formula is C11H20N2O4S. The van der Waals surface area contributed by atoms with Crippen LogP contribution in [-0.2, 0) is 21.3 Å². The van der Waals surface area contributed by atoms with E-state index >= 15 is 0 Å². The number of sulfonamides is 1. The Morgan fingerprint density at radius 1 is 1.33 bits per heavy atom. The predicted octanol–water partition coefficient (Wildman–Crippen LogP) is 0.622. The monoisotopic (exact) mass is 276 g/mol. The van der Waals surface area contributed by atoms with Crippen molar-refractivity contribution in [3.8, 4) is 0 Å². The zero-order chi connectivity index (χ0) is 13.9. The van der Waals surface area contributed by atoms with Crippen LogP contribution in [0.5, 0.6) is 0 Å². The summed E-state index contributed by atoms with van der Waals surface area (Å²) in [6.07, 6.45) is 0. The van der Waals surface area contributed by atoms with Crippen molar-refractivity contribution >= 4 is 10.0 Å². The summed E-state index contributed by atoms with van der Waals surface area (Å²) >= 11 is 0. The molecule has 6 nitrogen and oxygen atoms in total. The Kier molecular flexibility index (Phi) is 4.92. The van der Waals surface area contributed by atoms with E-state index in [0.29, 0.717) is 23.7 Å². The summed E-state index contributed by atoms with van der Waals surface area (Å²) in [5.41, 5.74) is 6.13. The van der Waals surface area contributed by atoms with E-state index in [2.05, 4.69) is 0 Å². The molecule has 2 N–H and O–H groups in total. The molecule has 0 saturated carbocycles. The van der Waals surface area contributed by atoms with E-state index in [4.69, 9.17) is 14.9 Å². The van der Waals surface area contributed by atoms with Gasteiger partial charge in [-0.25, -0.2) is 8.42 Å². The van der Waals surface area contributed by atoms with Gasteiger partial charge in [-0.1, -0.05) is 0 Å². The summed E-state index contributed by atoms with van der Waals surface area (Å²) in [6, 6.07) is 0. The van der Waals surface area contributed by atoms with Crippen molar-refractivity contribution in [3.05, 3.63) is 17.1 Å². The van der Waals surface area contributed by atoms with E-state index in [1.807, 2.05) is 0 Å². The summed E-state index contributed by atoms with van der Waals surface area (Å²) < 4.78 is 36.3. The summed E-state index contributed by atoms with van der Waals surface area (Å²) in [7, 11) is -0.547. The number of rotatable bonds is 6. The van der Waals surface area contributed by atoms with Crippen molar-refractivity contribution in [1.29, 1.82) is 0 Å². The van der Waals surface area contributed by atoms with Crippen LogP contribution in [0.25, 0.3) is 0 Å². The van der Waals surface area contributed by atoms with Gasteiger partial charge in [0.1, 0.15) is 16.4 Å². The molecule has 0 radical (unpaired) electrons. The predicted molar refractivity (Wildman–Crippen MR) is 67.8 cm³/mol. The van der Waals surface area contributed by atoms with Crippen molar-refractivity contribution in [3.63, 3.8) is 0 Å². The first kappa shape index (κ1) is 15.2. The highest BCUT2D eigenvalue weighted by Crippen LogP contribution is 2.28. The van der Waals surface area contributed by atoms with E-state index in [1.54, 1.807) is 13.8 Å². The van der Waals surface area contributed by atoms with Crippen molar-refractivity contribution in [2.75, 3.05) is 27.3 Å². The number of hydrogen-bond acceptors (Lipinski definition) is 5. The average molecular weight is 276 g/mol. The summed E-state index contributed by atoms with van der Waals surface area (Å²) in [4.78, 5) is 0.182. The molecule has 0 fully saturated rings. The number of methoxy groups -OCH3 is 1. The second-order valence-corrected chi connectivity index (χ2v) is 6.03. The van der Waals surface area contributed by atoms with Gasteiger partial charge >= 0.3 is 0 Å². The van der Waals surface area contributed by atoms with Gasteiger partial charge in [0.25, 0.3) is 0 Å². The number of nitrogens with two attached hydrogens (primary N) is 1. The molecule has 1 rings (SSSR count). The maximum atomic E-state index is 12.4. The van der Waals surface area contributed by atoms with Crippen LogP contribution >= 0.6 is 0 Å². The molecule has 0 aliphatic rings. The zero-order valence-corrected chi connectivity index (χ0v) is 12.0. The lowest BCUT2D eigenvalue weighted by atomic mass is 10.2. The molecule has 1 aromatic heterocycles. The summed E-state index contributed by atoms with van der Waals surface area (Å²) in [5, 5.41) is 0. The quantitative estimate of drug-likeness (QED) is 0.823. The second kappa shape index (κ2) is 5.83. The molecule has 104 valence electrons. The average Bonchev–Trinajstić information content (AvgIpc) is 2.60. The Morgan fingerprint density at radius 2 is 1.94 bits per heavy atom. The Bertz CT molecular complexity index is 507. The van der Waals surface area contributed by atoms with Crippen molar-refractivity contribution in [2.24, 2.45) is 5.73 Å². The first-order valence-corrected chi connectivity index (χ1v) is 7.04. The number of furan rings is 1. The molecule has 7 heteroatoms. The van der Waals surface area contributed by atoms with Gasteiger partial charge in [-0.3, -0.25) is 0 Å². The fourth-order valence-corrected chi connectivity index (χ4v) is 3.35. The third kappa shape index (κ3) is 2.74. The van der Waals surface area contributed by atoms with Gasteiger partial charge in [-0.15, -0.1) is 0 Å². The molecular weight excluding hydrogens is 256 g/mol. The van der Waals surface area contributed by atoms with Gasteiger partial charge < -0.3 is 14.9 Å². The molecule has 0 unspecified atom stereocenters. The summed E-state index contributed by atoms with van der Waals surface area (Å²) in [6.45, 7) is 4.10. The molecule has 0 aliphatic carbocycles. The van der Waals surface area contributed by atoms with Crippen molar-refractivity contribution in [2.45, 2.75) is 25.3 Å². The smallest absolute Gasteiger partial charge is 0.246 e. The highest BCUT2D eigenvalue weighted by molar-refractivity contribution is 7.89. The molecule has 0 aromatic carbocycles. The van der Waals surface area contributed by atoms with Crippen LogP contribution in [-0.4, -0.2) is 40.0 Å². The molecule has 1 aromatic rings. The van der Waals surface area contributed by atoms with Gasteiger partial charge in [0.2, 0.25) is 10.0 Å². The van der Waals surface area contributed by atoms with E-state index in [0.717, 1.165) is 0 Å². The van der Waals surface area contributed by atoms with Gasteiger partial charge in [0, 0.05) is 32.8 Å². The van der Waals surface area contributed by atoms with E-state index in [9.17, 15) is 8.42 Å². The minimum atomic E-state index is -3.58. The largest absolute Gasteiger partial charge is 0.465 e. The van der Waals surface area contributed by atoms with Gasteiger partial charge in [0.05, 0.1) is 6.61 Å². The van der Waals surface area contributed by atoms with Crippen LogP contribution in [0.1, 0.15) is 17.1 Å². The minimum absolute atomic E-state index is 0.135. The third-order valence-electron chi connectivity index (χ3n) is 2.81. The van der Waals surface area contributed by atoms with Crippen LogP contribution in [0.15, 0.2) is 9.31 Å². The maximum Gasteiger partial charge on any atom is 0.246 e. The van der Waals surface area contributed by atoms with Gasteiger partial charge in [-0.05, 0) is 13.8 Å². The fourth-order valence-electron chi connectivity index (χ4n) is 1.78. The Balaban J connectivity index is 3.20. The summed E-state index contributed by atoms with van der Waals surface area (Å²) in [5.74, 6) is 0.922. The zero-order valence-electron chi connectivity index (χ0n) is 11.2. The van der Waals surface area contributed by atoms with Gasteiger partial charge in [0.15, 0.2) is 0 Å². The van der Waals surface area contributed by atoms with Crippen LogP contribution in [0.3, 0.4) is 0 Å². The van der Waals surface area contributed by atoms with Crippen molar-refractivity contribution in [1.82, 2.24) is 4.31 Å². The standard InChI is InChI=1S/C11H20N2O4S/c1-8-10(7-12)11(9(2)17-8)18(14,15)13(3)5-6-16-4/h5-7,12H2,1-4H3. The third-order valence-corrected chi connectivity index (χ3v) is 4.86. The lowest BCUT2D eigenvalue weighted by Crippen LogP contribution is -2.31. The van der Waals surface area contributed by atoms with Crippen LogP contribution in [0.4, 0.5) is 0 Å². The number of likely N-dealkylation sites (N-methyl/N-ethyl adjacent to an activating group) is 1.